The lowest BCUT2D eigenvalue weighted by atomic mass is 9.86. The summed E-state index contributed by atoms with van der Waals surface area (Å²) in [6, 6.07) is 6.08. The maximum Gasteiger partial charge on any atom is 0.320 e. The Morgan fingerprint density at radius 2 is 1.88 bits per heavy atom. The molecule has 1 aromatic carbocycles. The highest BCUT2D eigenvalue weighted by atomic mass is 35.5. The fraction of sp³-hybridized carbons (Fsp3) is 0.462. The van der Waals surface area contributed by atoms with E-state index in [-0.39, 0.29) is 5.41 Å². The van der Waals surface area contributed by atoms with Crippen LogP contribution in [0.5, 0.6) is 0 Å². The number of aryl methyl sites for hydroxylation is 1. The lowest BCUT2D eigenvalue weighted by molar-refractivity contribution is 0.265. The molecule has 0 aliphatic rings. The Kier molecular flexibility index (Phi) is 3.64. The van der Waals surface area contributed by atoms with E-state index in [4.69, 9.17) is 11.6 Å². The third-order valence-corrected chi connectivity index (χ3v) is 2.94. The molecule has 1 aromatic rings. The molecule has 0 atom stereocenters. The smallest absolute Gasteiger partial charge is 0.302 e. The average molecular weight is 240 g/mol. The number of rotatable bonds is 1. The molecular weight excluding hydrogens is 222 g/mol. The second kappa shape index (κ2) is 4.46. The summed E-state index contributed by atoms with van der Waals surface area (Å²) in [5.74, 6) is 0. The second-order valence-electron chi connectivity index (χ2n) is 5.06. The fourth-order valence-electron chi connectivity index (χ4n) is 1.59. The molecule has 0 bridgehead atoms. The maximum atomic E-state index is 11.1. The number of hydrogen-bond acceptors (Lipinski definition) is 1. The minimum atomic E-state index is -0.466. The highest BCUT2D eigenvalue weighted by molar-refractivity contribution is 6.66. The van der Waals surface area contributed by atoms with Gasteiger partial charge >= 0.3 is 5.37 Å². The lowest BCUT2D eigenvalue weighted by Crippen LogP contribution is -2.21. The molecule has 0 aliphatic heterocycles. The van der Waals surface area contributed by atoms with E-state index in [1.165, 1.54) is 10.5 Å². The average Bonchev–Trinajstić information content (AvgIpc) is 2.15. The van der Waals surface area contributed by atoms with Gasteiger partial charge in [0.25, 0.3) is 0 Å². The summed E-state index contributed by atoms with van der Waals surface area (Å²) in [7, 11) is 1.68. The number of hydrogen-bond donors (Lipinski definition) is 0. The summed E-state index contributed by atoms with van der Waals surface area (Å²) >= 11 is 5.45. The van der Waals surface area contributed by atoms with Crippen LogP contribution in [0.25, 0.3) is 0 Å². The van der Waals surface area contributed by atoms with Gasteiger partial charge in [0.05, 0.1) is 0 Å². The Balaban J connectivity index is 3.15. The van der Waals surface area contributed by atoms with Crippen LogP contribution in [0.1, 0.15) is 31.9 Å². The van der Waals surface area contributed by atoms with E-state index in [1.54, 1.807) is 7.05 Å². The SMILES string of the molecule is Cc1cc(C(C)(C)C)ccc1N(C)C(=O)Cl. The highest BCUT2D eigenvalue weighted by Gasteiger charge is 2.16. The molecule has 1 rings (SSSR count). The minimum absolute atomic E-state index is 0.118. The quantitative estimate of drug-likeness (QED) is 0.534. The Morgan fingerprint density at radius 1 is 1.31 bits per heavy atom. The van der Waals surface area contributed by atoms with Crippen molar-refractivity contribution >= 4 is 22.7 Å². The zero-order valence-corrected chi connectivity index (χ0v) is 11.2. The second-order valence-corrected chi connectivity index (χ2v) is 5.39. The maximum absolute atomic E-state index is 11.1. The van der Waals surface area contributed by atoms with Crippen molar-refractivity contribution in [3.8, 4) is 0 Å². The summed E-state index contributed by atoms with van der Waals surface area (Å²) in [6.45, 7) is 8.48. The van der Waals surface area contributed by atoms with Crippen molar-refractivity contribution < 1.29 is 4.79 Å². The van der Waals surface area contributed by atoms with Crippen molar-refractivity contribution in [3.05, 3.63) is 29.3 Å². The van der Waals surface area contributed by atoms with Gasteiger partial charge in [0, 0.05) is 12.7 Å². The standard InChI is InChI=1S/C13H18ClNO/c1-9-8-10(13(2,3)4)6-7-11(9)15(5)12(14)16/h6-8H,1-5H3. The van der Waals surface area contributed by atoms with Gasteiger partial charge in [-0.3, -0.25) is 4.79 Å². The first kappa shape index (κ1) is 13.0. The first-order valence-corrected chi connectivity index (χ1v) is 5.65. The number of anilines is 1. The molecule has 0 aliphatic carbocycles. The predicted octanol–water partition coefficient (Wildman–Crippen LogP) is 4.09. The molecule has 1 amide bonds. The molecule has 0 N–H and O–H groups in total. The molecule has 16 heavy (non-hydrogen) atoms. The fourth-order valence-corrected chi connectivity index (χ4v) is 1.68. The van der Waals surface area contributed by atoms with Crippen molar-refractivity contribution in [1.29, 1.82) is 0 Å². The molecular formula is C13H18ClNO. The summed E-state index contributed by atoms with van der Waals surface area (Å²) in [5.41, 5.74) is 3.29. The van der Waals surface area contributed by atoms with Gasteiger partial charge < -0.3 is 4.90 Å². The van der Waals surface area contributed by atoms with Crippen LogP contribution in [0.15, 0.2) is 18.2 Å². The molecule has 0 fully saturated rings. The van der Waals surface area contributed by atoms with E-state index >= 15 is 0 Å². The molecule has 88 valence electrons. The predicted molar refractivity (Wildman–Crippen MR) is 69.5 cm³/mol. The van der Waals surface area contributed by atoms with Crippen LogP contribution < -0.4 is 4.90 Å². The molecule has 2 nitrogen and oxygen atoms in total. The first-order chi connectivity index (χ1) is 7.23. The van der Waals surface area contributed by atoms with Crippen LogP contribution in [0.3, 0.4) is 0 Å². The summed E-state index contributed by atoms with van der Waals surface area (Å²) in [5, 5.41) is -0.466. The monoisotopic (exact) mass is 239 g/mol. The Bertz CT molecular complexity index is 407. The van der Waals surface area contributed by atoms with E-state index in [1.807, 2.05) is 19.1 Å². The van der Waals surface area contributed by atoms with Crippen LogP contribution in [0.4, 0.5) is 10.5 Å². The van der Waals surface area contributed by atoms with E-state index in [9.17, 15) is 4.79 Å². The van der Waals surface area contributed by atoms with Crippen LogP contribution >= 0.6 is 11.6 Å². The van der Waals surface area contributed by atoms with Gasteiger partial charge in [0.1, 0.15) is 0 Å². The molecule has 0 spiro atoms. The van der Waals surface area contributed by atoms with Crippen molar-refractivity contribution in [2.45, 2.75) is 33.1 Å². The van der Waals surface area contributed by atoms with Crippen molar-refractivity contribution in [2.24, 2.45) is 0 Å². The topological polar surface area (TPSA) is 20.3 Å². The zero-order chi connectivity index (χ0) is 12.5. The summed E-state index contributed by atoms with van der Waals surface area (Å²) < 4.78 is 0. The van der Waals surface area contributed by atoms with E-state index in [2.05, 4.69) is 26.8 Å². The molecule has 0 radical (unpaired) electrons. The Morgan fingerprint density at radius 3 is 2.25 bits per heavy atom. The number of carbonyl (C=O) groups is 1. The van der Waals surface area contributed by atoms with Crippen LogP contribution in [0.2, 0.25) is 0 Å². The van der Waals surface area contributed by atoms with Gasteiger partial charge in [-0.15, -0.1) is 0 Å². The number of benzene rings is 1. The highest BCUT2D eigenvalue weighted by Crippen LogP contribution is 2.28. The normalized spacial score (nSPS) is 11.4. The van der Waals surface area contributed by atoms with Gasteiger partial charge in [-0.2, -0.15) is 0 Å². The van der Waals surface area contributed by atoms with Crippen molar-refractivity contribution in [3.63, 3.8) is 0 Å². The third kappa shape index (κ3) is 2.76. The van der Waals surface area contributed by atoms with Gasteiger partial charge in [-0.05, 0) is 41.1 Å². The van der Waals surface area contributed by atoms with E-state index in [0.717, 1.165) is 11.3 Å². The lowest BCUT2D eigenvalue weighted by Gasteiger charge is -2.22. The largest absolute Gasteiger partial charge is 0.320 e. The molecule has 3 heteroatoms. The van der Waals surface area contributed by atoms with Crippen molar-refractivity contribution in [2.75, 3.05) is 11.9 Å². The number of amides is 1. The van der Waals surface area contributed by atoms with Crippen LogP contribution in [-0.2, 0) is 5.41 Å². The molecule has 0 unspecified atom stereocenters. The van der Waals surface area contributed by atoms with Gasteiger partial charge in [-0.1, -0.05) is 32.9 Å². The molecule has 0 saturated heterocycles. The summed E-state index contributed by atoms with van der Waals surface area (Å²) in [4.78, 5) is 12.5. The Hall–Kier alpha value is -1.02. The first-order valence-electron chi connectivity index (χ1n) is 5.28. The number of carbonyl (C=O) groups excluding carboxylic acids is 1. The van der Waals surface area contributed by atoms with Gasteiger partial charge in [0.2, 0.25) is 0 Å². The van der Waals surface area contributed by atoms with E-state index in [0.29, 0.717) is 0 Å². The molecule has 0 heterocycles. The zero-order valence-electron chi connectivity index (χ0n) is 10.5. The van der Waals surface area contributed by atoms with E-state index < -0.39 is 5.37 Å². The van der Waals surface area contributed by atoms with Crippen molar-refractivity contribution in [1.82, 2.24) is 0 Å². The van der Waals surface area contributed by atoms with Crippen LogP contribution in [0, 0.1) is 6.92 Å². The summed E-state index contributed by atoms with van der Waals surface area (Å²) in [6.07, 6.45) is 0. The Labute approximate surface area is 102 Å². The van der Waals surface area contributed by atoms with Crippen LogP contribution in [-0.4, -0.2) is 12.4 Å². The molecule has 0 saturated carbocycles. The van der Waals surface area contributed by atoms with Gasteiger partial charge in [-0.25, -0.2) is 0 Å². The number of halogens is 1. The molecule has 0 aromatic heterocycles. The number of nitrogens with zero attached hydrogens (tertiary/aromatic N) is 1. The third-order valence-electron chi connectivity index (χ3n) is 2.69. The minimum Gasteiger partial charge on any atom is -0.302 e. The van der Waals surface area contributed by atoms with Gasteiger partial charge in [0.15, 0.2) is 0 Å².